The van der Waals surface area contributed by atoms with Crippen LogP contribution in [-0.4, -0.2) is 53.9 Å². The second-order valence-corrected chi connectivity index (χ2v) is 4.72. The molecule has 3 N–H and O–H groups in total. The number of aliphatic hydroxyl groups excluding tert-OH is 2. The molecule has 0 spiro atoms. The van der Waals surface area contributed by atoms with Gasteiger partial charge in [-0.3, -0.25) is 9.00 Å². The largest absolute Gasteiger partial charge is 0.448 e. The summed E-state index contributed by atoms with van der Waals surface area (Å²) in [6.45, 7) is 0. The Kier molecular flexibility index (Phi) is 1.80. The fraction of sp³-hybridized carbons (Fsp3) is 0.667. The van der Waals surface area contributed by atoms with E-state index in [-0.39, 0.29) is 0 Å². The number of cyclic esters (lactones) is 1. The minimum absolute atomic E-state index is 1.08. The number of carbonyl (C=O) groups excluding carboxylic acids is 2. The average Bonchev–Trinajstić information content (AvgIpc) is 2.50. The molecule has 2 aliphatic heterocycles. The normalized spacial score (nSPS) is 51.9. The molecule has 0 aromatic carbocycles. The summed E-state index contributed by atoms with van der Waals surface area (Å²) in [5.74, 6) is -2.29. The van der Waals surface area contributed by atoms with Crippen LogP contribution in [0.1, 0.15) is 0 Å². The molecule has 5 atom stereocenters. The summed E-state index contributed by atoms with van der Waals surface area (Å²) in [4.78, 5) is 19.5. The van der Waals surface area contributed by atoms with E-state index in [1.165, 1.54) is 0 Å². The van der Waals surface area contributed by atoms with Crippen molar-refractivity contribution in [3.05, 3.63) is 0 Å². The van der Waals surface area contributed by atoms with Crippen molar-refractivity contribution in [2.45, 2.75) is 22.6 Å². The van der Waals surface area contributed by atoms with Crippen molar-refractivity contribution in [3.8, 4) is 0 Å². The van der Waals surface area contributed by atoms with Gasteiger partial charge < -0.3 is 20.1 Å². The zero-order valence-corrected chi connectivity index (χ0v) is 7.43. The van der Waals surface area contributed by atoms with Gasteiger partial charge in [-0.05, 0) is 0 Å². The highest BCUT2D eigenvalue weighted by Crippen LogP contribution is 2.43. The molecule has 0 saturated carbocycles. The van der Waals surface area contributed by atoms with Crippen molar-refractivity contribution in [1.29, 1.82) is 0 Å². The van der Waals surface area contributed by atoms with E-state index in [2.05, 4.69) is 4.74 Å². The summed E-state index contributed by atoms with van der Waals surface area (Å²) >= 11 is 0. The van der Waals surface area contributed by atoms with Crippen LogP contribution in [0, 0.1) is 0 Å². The van der Waals surface area contributed by atoms with Crippen LogP contribution in [0.5, 0.6) is 0 Å². The number of rotatable bonds is 1. The topological polar surface area (TPSA) is 121 Å². The van der Waals surface area contributed by atoms with Crippen molar-refractivity contribution in [3.63, 3.8) is 0 Å². The van der Waals surface area contributed by atoms with Crippen LogP contribution in [0.15, 0.2) is 0 Å². The first-order chi connectivity index (χ1) is 6.40. The second-order valence-electron chi connectivity index (χ2n) is 3.02. The van der Waals surface area contributed by atoms with Crippen molar-refractivity contribution >= 4 is 22.6 Å². The van der Waals surface area contributed by atoms with E-state index in [0.717, 1.165) is 0 Å². The maximum atomic E-state index is 11.1. The molecule has 78 valence electrons. The molecule has 0 aromatic heterocycles. The molecular formula is C6H6O7S. The van der Waals surface area contributed by atoms with Gasteiger partial charge >= 0.3 is 5.97 Å². The molecule has 2 rings (SSSR count). The van der Waals surface area contributed by atoms with Crippen LogP contribution in [0.4, 0.5) is 0 Å². The number of Topliss-reactive ketones (excluding diaryl/α,β-unsaturated/α-hetero) is 1. The van der Waals surface area contributed by atoms with Crippen LogP contribution >= 0.6 is 0 Å². The molecule has 2 heterocycles. The molecule has 14 heavy (non-hydrogen) atoms. The fourth-order valence-electron chi connectivity index (χ4n) is 1.26. The lowest BCUT2D eigenvalue weighted by molar-refractivity contribution is -0.152. The maximum absolute atomic E-state index is 11.1. The van der Waals surface area contributed by atoms with Gasteiger partial charge in [0.1, 0.15) is 0 Å². The zero-order valence-electron chi connectivity index (χ0n) is 6.61. The predicted octanol–water partition coefficient (Wildman–Crippen LogP) is -3.39. The molecule has 0 aliphatic carbocycles. The first kappa shape index (κ1) is 9.71. The minimum Gasteiger partial charge on any atom is -0.448 e. The lowest BCUT2D eigenvalue weighted by atomic mass is 10.1. The van der Waals surface area contributed by atoms with Crippen LogP contribution in [-0.2, 0) is 25.1 Å². The number of hydrogen-bond acceptors (Lipinski definition) is 7. The predicted molar refractivity (Wildman–Crippen MR) is 40.0 cm³/mol. The smallest absolute Gasteiger partial charge is 0.343 e. The van der Waals surface area contributed by atoms with Gasteiger partial charge in [-0.2, -0.15) is 0 Å². The van der Waals surface area contributed by atoms with Crippen molar-refractivity contribution in [2.75, 3.05) is 0 Å². The number of hydrogen-bond donors (Lipinski definition) is 3. The molecule has 2 aliphatic rings. The van der Waals surface area contributed by atoms with Gasteiger partial charge in [-0.25, -0.2) is 4.79 Å². The molecule has 0 amide bonds. The third kappa shape index (κ3) is 0.934. The van der Waals surface area contributed by atoms with Crippen molar-refractivity contribution in [1.82, 2.24) is 0 Å². The van der Waals surface area contributed by atoms with Gasteiger partial charge in [0.2, 0.25) is 22.9 Å². The van der Waals surface area contributed by atoms with Crippen LogP contribution in [0.2, 0.25) is 0 Å². The molecule has 3 unspecified atom stereocenters. The Morgan fingerprint density at radius 3 is 2.14 bits per heavy atom. The highest BCUT2D eigenvalue weighted by atomic mass is 32.2. The van der Waals surface area contributed by atoms with E-state index in [1.807, 2.05) is 0 Å². The summed E-state index contributed by atoms with van der Waals surface area (Å²) in [5.41, 5.74) is -1.62. The molecule has 0 aromatic rings. The molecular weight excluding hydrogens is 216 g/mol. The number of aliphatic hydroxyl groups is 3. The summed E-state index contributed by atoms with van der Waals surface area (Å²) in [6.07, 6.45) is -3.70. The van der Waals surface area contributed by atoms with Crippen LogP contribution in [0.3, 0.4) is 0 Å². The summed E-state index contributed by atoms with van der Waals surface area (Å²) in [7, 11) is -2.05. The van der Waals surface area contributed by atoms with E-state index in [1.54, 1.807) is 0 Å². The van der Waals surface area contributed by atoms with E-state index in [0.29, 0.717) is 0 Å². The summed E-state index contributed by atoms with van der Waals surface area (Å²) in [6, 6.07) is 0. The Balaban J connectivity index is 2.27. The fourth-order valence-corrected chi connectivity index (χ4v) is 2.34. The van der Waals surface area contributed by atoms with E-state index in [9.17, 15) is 18.9 Å². The number of ketones is 1. The third-order valence-corrected chi connectivity index (χ3v) is 3.78. The Morgan fingerprint density at radius 2 is 1.86 bits per heavy atom. The number of ether oxygens (including phenoxy) is 1. The molecule has 8 heteroatoms. The van der Waals surface area contributed by atoms with E-state index >= 15 is 0 Å². The van der Waals surface area contributed by atoms with E-state index in [4.69, 9.17) is 10.2 Å². The van der Waals surface area contributed by atoms with Gasteiger partial charge in [0.15, 0.2) is 5.44 Å². The van der Waals surface area contributed by atoms with Crippen LogP contribution in [0.25, 0.3) is 0 Å². The molecule has 2 saturated heterocycles. The van der Waals surface area contributed by atoms with Gasteiger partial charge in [0.25, 0.3) is 0 Å². The quantitative estimate of drug-likeness (QED) is 0.240. The first-order valence-electron chi connectivity index (χ1n) is 3.64. The SMILES string of the molecule is O=C1O[C@H]([C@@]2(O)C(O)S2=O)C(=O)C1O. The summed E-state index contributed by atoms with van der Waals surface area (Å²) in [5, 5.41) is 27.2. The maximum Gasteiger partial charge on any atom is 0.343 e. The standard InChI is InChI=1S/C6H6O7S/c7-1-2(8)4(9)13-3(1)6(11)5(10)14(6)12/h2-3,5,8,10-11H/t2?,3-,5?,6-,14?/m0/s1. The monoisotopic (exact) mass is 222 g/mol. The third-order valence-electron chi connectivity index (χ3n) is 2.18. The lowest BCUT2D eigenvalue weighted by Crippen LogP contribution is -2.39. The lowest BCUT2D eigenvalue weighted by Gasteiger charge is -2.10. The van der Waals surface area contributed by atoms with Gasteiger partial charge in [0, 0.05) is 0 Å². The number of esters is 1. The summed E-state index contributed by atoms with van der Waals surface area (Å²) < 4.78 is 15.2. The van der Waals surface area contributed by atoms with E-state index < -0.39 is 45.1 Å². The van der Waals surface area contributed by atoms with Crippen LogP contribution < -0.4 is 0 Å². The Labute approximate surface area is 79.7 Å². The first-order valence-corrected chi connectivity index (χ1v) is 4.85. The van der Waals surface area contributed by atoms with Crippen molar-refractivity contribution < 1.29 is 33.9 Å². The Morgan fingerprint density at radius 1 is 1.36 bits per heavy atom. The molecule has 2 fully saturated rings. The minimum atomic E-state index is -2.25. The number of carbonyl (C=O) groups is 2. The molecule has 7 nitrogen and oxygen atoms in total. The van der Waals surface area contributed by atoms with Gasteiger partial charge in [0.05, 0.1) is 10.8 Å². The van der Waals surface area contributed by atoms with Gasteiger partial charge in [-0.15, -0.1) is 0 Å². The zero-order chi connectivity index (χ0) is 10.7. The second kappa shape index (κ2) is 2.60. The Hall–Kier alpha value is -0.830. The highest BCUT2D eigenvalue weighted by Gasteiger charge is 2.73. The van der Waals surface area contributed by atoms with Gasteiger partial charge in [-0.1, -0.05) is 0 Å². The van der Waals surface area contributed by atoms with Crippen molar-refractivity contribution in [2.24, 2.45) is 0 Å². The average molecular weight is 222 g/mol. The molecule has 0 radical (unpaired) electrons. The molecule has 0 bridgehead atoms. The highest BCUT2D eigenvalue weighted by molar-refractivity contribution is 7.94. The Bertz CT molecular complexity index is 352.